The second-order valence-electron chi connectivity index (χ2n) is 5.51. The van der Waals surface area contributed by atoms with E-state index in [4.69, 9.17) is 4.74 Å². The summed E-state index contributed by atoms with van der Waals surface area (Å²) in [5, 5.41) is 9.90. The van der Waals surface area contributed by atoms with Crippen LogP contribution in [0, 0.1) is 0 Å². The van der Waals surface area contributed by atoms with Crippen molar-refractivity contribution in [2.45, 2.75) is 37.8 Å². The van der Waals surface area contributed by atoms with Gasteiger partial charge in [-0.1, -0.05) is 30.7 Å². The number of fused-ring (bicyclic) bond motifs is 1. The number of aryl methyl sites for hydroxylation is 1. The summed E-state index contributed by atoms with van der Waals surface area (Å²) in [7, 11) is 3.73. The first-order valence-corrected chi connectivity index (χ1v) is 7.17. The van der Waals surface area contributed by atoms with Crippen molar-refractivity contribution in [2.24, 2.45) is 0 Å². The van der Waals surface area contributed by atoms with Gasteiger partial charge in [-0.15, -0.1) is 0 Å². The fourth-order valence-corrected chi connectivity index (χ4v) is 3.06. The summed E-state index contributed by atoms with van der Waals surface area (Å²) in [6.07, 6.45) is 4.46. The molecule has 0 fully saturated rings. The van der Waals surface area contributed by atoms with Crippen molar-refractivity contribution >= 4 is 0 Å². The maximum Gasteiger partial charge on any atom is 0.0900 e. The summed E-state index contributed by atoms with van der Waals surface area (Å²) in [6, 6.07) is 9.15. The Kier molecular flexibility index (Phi) is 5.37. The van der Waals surface area contributed by atoms with Crippen LogP contribution in [0.25, 0.3) is 0 Å². The highest BCUT2D eigenvalue weighted by Crippen LogP contribution is 2.32. The van der Waals surface area contributed by atoms with E-state index in [-0.39, 0.29) is 0 Å². The average molecular weight is 263 g/mol. The lowest BCUT2D eigenvalue weighted by atomic mass is 9.98. The highest BCUT2D eigenvalue weighted by atomic mass is 16.5. The lowest BCUT2D eigenvalue weighted by Crippen LogP contribution is -2.34. The SMILES string of the molecule is COC[C@@H](O)CN(C)[C@H]1CCCCc2ccccc21. The largest absolute Gasteiger partial charge is 0.389 e. The maximum absolute atomic E-state index is 9.90. The van der Waals surface area contributed by atoms with Crippen molar-refractivity contribution in [3.05, 3.63) is 35.4 Å². The molecule has 3 heteroatoms. The van der Waals surface area contributed by atoms with Gasteiger partial charge in [0.15, 0.2) is 0 Å². The summed E-state index contributed by atoms with van der Waals surface area (Å²) in [5.74, 6) is 0. The number of aliphatic hydroxyl groups is 1. The minimum atomic E-state index is -0.412. The van der Waals surface area contributed by atoms with Crippen LogP contribution < -0.4 is 0 Å². The third kappa shape index (κ3) is 3.78. The average Bonchev–Trinajstić information content (AvgIpc) is 2.61. The summed E-state index contributed by atoms with van der Waals surface area (Å²) < 4.78 is 5.01. The molecule has 3 nitrogen and oxygen atoms in total. The molecule has 1 aliphatic carbocycles. The Balaban J connectivity index is 2.10. The van der Waals surface area contributed by atoms with Crippen LogP contribution in [0.3, 0.4) is 0 Å². The molecule has 1 N–H and O–H groups in total. The number of benzene rings is 1. The lowest BCUT2D eigenvalue weighted by Gasteiger charge is -2.30. The quantitative estimate of drug-likeness (QED) is 0.828. The molecule has 0 bridgehead atoms. The van der Waals surface area contributed by atoms with Crippen LogP contribution in [0.5, 0.6) is 0 Å². The van der Waals surface area contributed by atoms with Crippen LogP contribution in [0.1, 0.15) is 36.4 Å². The standard InChI is InChI=1S/C16H25NO2/c1-17(11-14(18)12-19-2)16-10-6-4-8-13-7-3-5-9-15(13)16/h3,5,7,9,14,16,18H,4,6,8,10-12H2,1-2H3/t14-,16-/m0/s1. The predicted octanol–water partition coefficient (Wildman–Crippen LogP) is 2.39. The molecule has 19 heavy (non-hydrogen) atoms. The van der Waals surface area contributed by atoms with Crippen molar-refractivity contribution in [3.63, 3.8) is 0 Å². The van der Waals surface area contributed by atoms with E-state index in [1.165, 1.54) is 36.8 Å². The molecule has 1 aliphatic rings. The number of hydrogen-bond donors (Lipinski definition) is 1. The highest BCUT2D eigenvalue weighted by molar-refractivity contribution is 5.31. The third-order valence-electron chi connectivity index (χ3n) is 3.98. The van der Waals surface area contributed by atoms with Crippen LogP contribution in [0.2, 0.25) is 0 Å². The minimum Gasteiger partial charge on any atom is -0.389 e. The maximum atomic E-state index is 9.90. The van der Waals surface area contributed by atoms with Crippen LogP contribution in [-0.2, 0) is 11.2 Å². The van der Waals surface area contributed by atoms with E-state index >= 15 is 0 Å². The third-order valence-corrected chi connectivity index (χ3v) is 3.98. The van der Waals surface area contributed by atoms with Gasteiger partial charge in [0.1, 0.15) is 0 Å². The molecule has 1 aromatic carbocycles. The molecule has 0 spiro atoms. The van der Waals surface area contributed by atoms with Crippen LogP contribution in [-0.4, -0.2) is 43.4 Å². The predicted molar refractivity (Wildman–Crippen MR) is 77.3 cm³/mol. The van der Waals surface area contributed by atoms with Gasteiger partial charge < -0.3 is 9.84 Å². The van der Waals surface area contributed by atoms with Crippen LogP contribution in [0.15, 0.2) is 24.3 Å². The molecule has 106 valence electrons. The second kappa shape index (κ2) is 7.04. The molecule has 2 rings (SSSR count). The first-order valence-electron chi connectivity index (χ1n) is 7.17. The monoisotopic (exact) mass is 263 g/mol. The van der Waals surface area contributed by atoms with E-state index in [2.05, 4.69) is 36.2 Å². The minimum absolute atomic E-state index is 0.401. The van der Waals surface area contributed by atoms with Gasteiger partial charge in [-0.3, -0.25) is 4.90 Å². The zero-order valence-electron chi connectivity index (χ0n) is 12.0. The van der Waals surface area contributed by atoms with Gasteiger partial charge in [-0.05, 0) is 37.4 Å². The Hall–Kier alpha value is -0.900. The summed E-state index contributed by atoms with van der Waals surface area (Å²) in [4.78, 5) is 2.27. The molecule has 0 saturated carbocycles. The number of rotatable bonds is 5. The molecule has 2 atom stereocenters. The van der Waals surface area contributed by atoms with E-state index in [1.807, 2.05) is 0 Å². The molecule has 1 aromatic rings. The Morgan fingerprint density at radius 3 is 2.95 bits per heavy atom. The van der Waals surface area contributed by atoms with E-state index in [0.717, 1.165) is 0 Å². The smallest absolute Gasteiger partial charge is 0.0900 e. The number of aliphatic hydroxyl groups excluding tert-OH is 1. The van der Waals surface area contributed by atoms with Gasteiger partial charge in [0.25, 0.3) is 0 Å². The zero-order chi connectivity index (χ0) is 13.7. The Morgan fingerprint density at radius 1 is 1.37 bits per heavy atom. The first kappa shape index (κ1) is 14.5. The van der Waals surface area contributed by atoms with Crippen molar-refractivity contribution in [1.29, 1.82) is 0 Å². The fraction of sp³-hybridized carbons (Fsp3) is 0.625. The Bertz CT molecular complexity index is 394. The molecule has 0 saturated heterocycles. The number of methoxy groups -OCH3 is 1. The molecular weight excluding hydrogens is 238 g/mol. The van der Waals surface area contributed by atoms with E-state index in [9.17, 15) is 5.11 Å². The fourth-order valence-electron chi connectivity index (χ4n) is 3.06. The van der Waals surface area contributed by atoms with Gasteiger partial charge in [0, 0.05) is 19.7 Å². The van der Waals surface area contributed by atoms with E-state index < -0.39 is 6.10 Å². The molecule has 0 unspecified atom stereocenters. The van der Waals surface area contributed by atoms with Crippen LogP contribution in [0.4, 0.5) is 0 Å². The van der Waals surface area contributed by atoms with Gasteiger partial charge >= 0.3 is 0 Å². The molecule has 0 heterocycles. The van der Waals surface area contributed by atoms with Crippen molar-refractivity contribution in [1.82, 2.24) is 4.90 Å². The van der Waals surface area contributed by atoms with Crippen LogP contribution >= 0.6 is 0 Å². The van der Waals surface area contributed by atoms with Gasteiger partial charge in [0.05, 0.1) is 12.7 Å². The molecule has 0 aliphatic heterocycles. The summed E-state index contributed by atoms with van der Waals surface area (Å²) in [6.45, 7) is 1.06. The number of nitrogens with zero attached hydrogens (tertiary/aromatic N) is 1. The number of hydrogen-bond acceptors (Lipinski definition) is 3. The normalized spacial score (nSPS) is 20.9. The number of ether oxygens (including phenoxy) is 1. The van der Waals surface area contributed by atoms with E-state index in [0.29, 0.717) is 19.2 Å². The zero-order valence-corrected chi connectivity index (χ0v) is 12.0. The summed E-state index contributed by atoms with van der Waals surface area (Å²) >= 11 is 0. The Morgan fingerprint density at radius 2 is 2.16 bits per heavy atom. The summed E-state index contributed by atoms with van der Waals surface area (Å²) in [5.41, 5.74) is 2.91. The Labute approximate surface area is 116 Å². The van der Waals surface area contributed by atoms with Crippen molar-refractivity contribution in [3.8, 4) is 0 Å². The lowest BCUT2D eigenvalue weighted by molar-refractivity contribution is 0.0330. The van der Waals surface area contributed by atoms with Crippen molar-refractivity contribution < 1.29 is 9.84 Å². The van der Waals surface area contributed by atoms with Gasteiger partial charge in [-0.25, -0.2) is 0 Å². The second-order valence-corrected chi connectivity index (χ2v) is 5.51. The first-order chi connectivity index (χ1) is 9.22. The van der Waals surface area contributed by atoms with Gasteiger partial charge in [0.2, 0.25) is 0 Å². The van der Waals surface area contributed by atoms with Crippen molar-refractivity contribution in [2.75, 3.05) is 27.3 Å². The van der Waals surface area contributed by atoms with Gasteiger partial charge in [-0.2, -0.15) is 0 Å². The molecular formula is C16H25NO2. The molecule has 0 amide bonds. The highest BCUT2D eigenvalue weighted by Gasteiger charge is 2.23. The molecule has 0 radical (unpaired) electrons. The number of likely N-dealkylation sites (N-methyl/N-ethyl adjacent to an activating group) is 1. The van der Waals surface area contributed by atoms with E-state index in [1.54, 1.807) is 7.11 Å². The topological polar surface area (TPSA) is 32.7 Å². The molecule has 0 aromatic heterocycles.